The van der Waals surface area contributed by atoms with Crippen LogP contribution in [0.1, 0.15) is 26.7 Å². The molecule has 78 valence electrons. The van der Waals surface area contributed by atoms with E-state index < -0.39 is 6.16 Å². The Morgan fingerprint density at radius 1 is 1.38 bits per heavy atom. The lowest BCUT2D eigenvalue weighted by Crippen LogP contribution is -2.08. The molecule has 0 saturated carbocycles. The van der Waals surface area contributed by atoms with E-state index in [1.54, 1.807) is 0 Å². The monoisotopic (exact) mass is 190 g/mol. The summed E-state index contributed by atoms with van der Waals surface area (Å²) in [5, 5.41) is 8.19. The van der Waals surface area contributed by atoms with Crippen LogP contribution < -0.4 is 0 Å². The highest BCUT2D eigenvalue weighted by Gasteiger charge is 2.03. The summed E-state index contributed by atoms with van der Waals surface area (Å²) in [6.45, 7) is 5.77. The van der Waals surface area contributed by atoms with Crippen molar-refractivity contribution in [2.75, 3.05) is 19.8 Å². The smallest absolute Gasteiger partial charge is 0.450 e. The molecule has 0 heterocycles. The van der Waals surface area contributed by atoms with Crippen molar-refractivity contribution in [3.05, 3.63) is 0 Å². The summed E-state index contributed by atoms with van der Waals surface area (Å²) >= 11 is 0. The molecule has 4 heteroatoms. The van der Waals surface area contributed by atoms with E-state index in [0.29, 0.717) is 5.92 Å². The first-order valence-electron chi connectivity index (χ1n) is 4.60. The highest BCUT2D eigenvalue weighted by molar-refractivity contribution is 5.56. The Balaban J connectivity index is 3.19. The largest absolute Gasteiger partial charge is 0.505 e. The molecule has 1 unspecified atom stereocenters. The molecule has 0 saturated heterocycles. The zero-order valence-electron chi connectivity index (χ0n) is 8.28. The van der Waals surface area contributed by atoms with Crippen LogP contribution in [0.3, 0.4) is 0 Å². The number of carboxylic acid groups (broad SMARTS) is 1. The molecule has 0 aliphatic rings. The van der Waals surface area contributed by atoms with E-state index in [4.69, 9.17) is 9.84 Å². The van der Waals surface area contributed by atoms with Gasteiger partial charge in [-0.1, -0.05) is 6.92 Å². The van der Waals surface area contributed by atoms with Crippen LogP contribution in [0.5, 0.6) is 0 Å². The van der Waals surface area contributed by atoms with Gasteiger partial charge in [-0.25, -0.2) is 4.79 Å². The Hall–Kier alpha value is -0.770. The molecule has 4 nitrogen and oxygen atoms in total. The van der Waals surface area contributed by atoms with E-state index in [9.17, 15) is 4.79 Å². The molecule has 0 radical (unpaired) electrons. The molecule has 0 amide bonds. The van der Waals surface area contributed by atoms with Crippen LogP contribution in [0.2, 0.25) is 0 Å². The molecular weight excluding hydrogens is 172 g/mol. The van der Waals surface area contributed by atoms with Gasteiger partial charge in [0.1, 0.15) is 0 Å². The lowest BCUT2D eigenvalue weighted by atomic mass is 10.1. The van der Waals surface area contributed by atoms with Crippen LogP contribution in [0.15, 0.2) is 0 Å². The molecule has 0 aliphatic heterocycles. The van der Waals surface area contributed by atoms with E-state index in [0.717, 1.165) is 26.1 Å². The molecule has 13 heavy (non-hydrogen) atoms. The molecule has 0 spiro atoms. The zero-order chi connectivity index (χ0) is 10.1. The highest BCUT2D eigenvalue weighted by atomic mass is 16.7. The molecule has 0 rings (SSSR count). The van der Waals surface area contributed by atoms with Gasteiger partial charge in [-0.15, -0.1) is 0 Å². The van der Waals surface area contributed by atoms with Crippen molar-refractivity contribution in [2.24, 2.45) is 5.92 Å². The van der Waals surface area contributed by atoms with Gasteiger partial charge < -0.3 is 14.6 Å². The van der Waals surface area contributed by atoms with Gasteiger partial charge >= 0.3 is 6.16 Å². The Morgan fingerprint density at radius 3 is 2.54 bits per heavy atom. The van der Waals surface area contributed by atoms with Crippen LogP contribution in [-0.4, -0.2) is 31.1 Å². The molecule has 0 aromatic carbocycles. The molecule has 0 fully saturated rings. The van der Waals surface area contributed by atoms with Gasteiger partial charge in [0.2, 0.25) is 0 Å². The van der Waals surface area contributed by atoms with Gasteiger partial charge in [0, 0.05) is 13.2 Å². The summed E-state index contributed by atoms with van der Waals surface area (Å²) in [7, 11) is 0. The van der Waals surface area contributed by atoms with E-state index >= 15 is 0 Å². The lowest BCUT2D eigenvalue weighted by molar-refractivity contribution is 0.0830. The average Bonchev–Trinajstić information content (AvgIpc) is 2.04. The maximum atomic E-state index is 9.99. The average molecular weight is 190 g/mol. The Bertz CT molecular complexity index is 136. The number of hydrogen-bond acceptors (Lipinski definition) is 3. The topological polar surface area (TPSA) is 55.8 Å². The lowest BCUT2D eigenvalue weighted by Gasteiger charge is -2.09. The SMILES string of the molecule is CCOCCC(C)CCOC(=O)O. The van der Waals surface area contributed by atoms with Crippen molar-refractivity contribution in [1.29, 1.82) is 0 Å². The minimum Gasteiger partial charge on any atom is -0.450 e. The summed E-state index contributed by atoms with van der Waals surface area (Å²) in [5.41, 5.74) is 0. The fourth-order valence-corrected chi connectivity index (χ4v) is 0.921. The first kappa shape index (κ1) is 12.2. The quantitative estimate of drug-likeness (QED) is 0.493. The summed E-state index contributed by atoms with van der Waals surface area (Å²) in [5.74, 6) is 0.450. The Labute approximate surface area is 78.8 Å². The fourth-order valence-electron chi connectivity index (χ4n) is 0.921. The summed E-state index contributed by atoms with van der Waals surface area (Å²) < 4.78 is 9.57. The number of carbonyl (C=O) groups is 1. The van der Waals surface area contributed by atoms with E-state index in [-0.39, 0.29) is 6.61 Å². The normalized spacial score (nSPS) is 12.5. The standard InChI is InChI=1S/C9H18O4/c1-3-12-6-4-8(2)5-7-13-9(10)11/h8H,3-7H2,1-2H3,(H,10,11). The second-order valence-electron chi connectivity index (χ2n) is 2.99. The van der Waals surface area contributed by atoms with Crippen LogP contribution in [0, 0.1) is 5.92 Å². The fraction of sp³-hybridized carbons (Fsp3) is 0.889. The van der Waals surface area contributed by atoms with Gasteiger partial charge in [-0.3, -0.25) is 0 Å². The van der Waals surface area contributed by atoms with E-state index in [1.165, 1.54) is 0 Å². The molecular formula is C9H18O4. The molecule has 0 bridgehead atoms. The maximum Gasteiger partial charge on any atom is 0.505 e. The second-order valence-corrected chi connectivity index (χ2v) is 2.99. The Morgan fingerprint density at radius 2 is 2.00 bits per heavy atom. The first-order valence-corrected chi connectivity index (χ1v) is 4.60. The minimum atomic E-state index is -1.20. The molecule has 1 N–H and O–H groups in total. The number of ether oxygens (including phenoxy) is 2. The molecule has 0 aromatic heterocycles. The van der Waals surface area contributed by atoms with Gasteiger partial charge in [-0.05, 0) is 25.7 Å². The summed E-state index contributed by atoms with van der Waals surface area (Å²) in [6.07, 6.45) is 0.521. The molecule has 0 aliphatic carbocycles. The van der Waals surface area contributed by atoms with Crippen molar-refractivity contribution in [2.45, 2.75) is 26.7 Å². The predicted molar refractivity (Wildman–Crippen MR) is 48.9 cm³/mol. The second kappa shape index (κ2) is 7.86. The third-order valence-corrected chi connectivity index (χ3v) is 1.80. The van der Waals surface area contributed by atoms with Gasteiger partial charge in [-0.2, -0.15) is 0 Å². The van der Waals surface area contributed by atoms with Crippen molar-refractivity contribution in [3.8, 4) is 0 Å². The summed E-state index contributed by atoms with van der Waals surface area (Å²) in [4.78, 5) is 9.99. The zero-order valence-corrected chi connectivity index (χ0v) is 8.28. The third kappa shape index (κ3) is 9.14. The van der Waals surface area contributed by atoms with Gasteiger partial charge in [0.05, 0.1) is 6.61 Å². The molecule has 1 atom stereocenters. The van der Waals surface area contributed by atoms with Crippen molar-refractivity contribution >= 4 is 6.16 Å². The van der Waals surface area contributed by atoms with Crippen LogP contribution in [0.4, 0.5) is 4.79 Å². The summed E-state index contributed by atoms with van der Waals surface area (Å²) in [6, 6.07) is 0. The van der Waals surface area contributed by atoms with E-state index in [2.05, 4.69) is 11.7 Å². The maximum absolute atomic E-state index is 9.99. The first-order chi connectivity index (χ1) is 6.16. The van der Waals surface area contributed by atoms with Gasteiger partial charge in [0.25, 0.3) is 0 Å². The van der Waals surface area contributed by atoms with Crippen LogP contribution >= 0.6 is 0 Å². The third-order valence-electron chi connectivity index (χ3n) is 1.80. The van der Waals surface area contributed by atoms with E-state index in [1.807, 2.05) is 6.92 Å². The van der Waals surface area contributed by atoms with Crippen molar-refractivity contribution < 1.29 is 19.4 Å². The van der Waals surface area contributed by atoms with Crippen molar-refractivity contribution in [3.63, 3.8) is 0 Å². The number of rotatable bonds is 7. The van der Waals surface area contributed by atoms with Crippen molar-refractivity contribution in [1.82, 2.24) is 0 Å². The van der Waals surface area contributed by atoms with Crippen LogP contribution in [-0.2, 0) is 9.47 Å². The number of hydrogen-bond donors (Lipinski definition) is 1. The molecule has 0 aromatic rings. The Kier molecular flexibility index (Phi) is 7.39. The minimum absolute atomic E-state index is 0.280. The predicted octanol–water partition coefficient (Wildman–Crippen LogP) is 2.13. The highest BCUT2D eigenvalue weighted by Crippen LogP contribution is 2.07. The van der Waals surface area contributed by atoms with Gasteiger partial charge in [0.15, 0.2) is 0 Å². The van der Waals surface area contributed by atoms with Crippen LogP contribution in [0.25, 0.3) is 0 Å².